The van der Waals surface area contributed by atoms with Gasteiger partial charge in [0.1, 0.15) is 12.6 Å². The lowest BCUT2D eigenvalue weighted by molar-refractivity contribution is -0.140. The Morgan fingerprint density at radius 2 is 1.40 bits per heavy atom. The number of carbonyl (C=O) groups excluding carboxylic acids is 2. The van der Waals surface area contributed by atoms with Crippen LogP contribution in [0.2, 0.25) is 10.0 Å². The molecule has 0 saturated heterocycles. The van der Waals surface area contributed by atoms with Gasteiger partial charge in [-0.15, -0.1) is 0 Å². The molecule has 0 fully saturated rings. The van der Waals surface area contributed by atoms with Crippen molar-refractivity contribution in [1.29, 1.82) is 0 Å². The van der Waals surface area contributed by atoms with Gasteiger partial charge in [-0.25, -0.2) is 8.42 Å². The lowest BCUT2D eigenvalue weighted by Crippen LogP contribution is -2.53. The Hall–Kier alpha value is -3.85. The first-order valence-corrected chi connectivity index (χ1v) is 15.6. The van der Waals surface area contributed by atoms with Gasteiger partial charge in [0.25, 0.3) is 10.0 Å². The molecule has 4 rings (SSSR count). The zero-order valence-electron chi connectivity index (χ0n) is 23.0. The van der Waals surface area contributed by atoms with Crippen LogP contribution in [0, 0.1) is 0 Å². The molecule has 4 aromatic carbocycles. The maximum absolute atomic E-state index is 14.3. The van der Waals surface area contributed by atoms with Gasteiger partial charge in [0, 0.05) is 29.6 Å². The lowest BCUT2D eigenvalue weighted by Gasteiger charge is -2.34. The summed E-state index contributed by atoms with van der Waals surface area (Å²) in [5.74, 6) is -0.919. The number of nitrogens with one attached hydrogen (secondary N) is 1. The molecule has 1 N–H and O–H groups in total. The van der Waals surface area contributed by atoms with E-state index in [1.165, 1.54) is 29.2 Å². The Morgan fingerprint density at radius 1 is 0.810 bits per heavy atom. The Balaban J connectivity index is 1.78. The molecule has 218 valence electrons. The highest BCUT2D eigenvalue weighted by Gasteiger charge is 2.34. The van der Waals surface area contributed by atoms with Gasteiger partial charge >= 0.3 is 0 Å². The topological polar surface area (TPSA) is 86.8 Å². The van der Waals surface area contributed by atoms with Crippen LogP contribution in [0.15, 0.2) is 114 Å². The van der Waals surface area contributed by atoms with Crippen LogP contribution in [-0.2, 0) is 32.6 Å². The summed E-state index contributed by atoms with van der Waals surface area (Å²) < 4.78 is 28.9. The first kappa shape index (κ1) is 31.1. The van der Waals surface area contributed by atoms with Crippen LogP contribution in [0.25, 0.3) is 0 Å². The number of likely N-dealkylation sites (N-methyl/N-ethyl adjacent to an activating group) is 1. The van der Waals surface area contributed by atoms with Gasteiger partial charge in [0.05, 0.1) is 10.6 Å². The Morgan fingerprint density at radius 3 is 2.02 bits per heavy atom. The average Bonchev–Trinajstić information content (AvgIpc) is 2.99. The number of sulfonamides is 1. The number of para-hydroxylation sites is 1. The third-order valence-electron chi connectivity index (χ3n) is 6.65. The van der Waals surface area contributed by atoms with Gasteiger partial charge in [0.15, 0.2) is 0 Å². The molecule has 42 heavy (non-hydrogen) atoms. The third kappa shape index (κ3) is 7.70. The van der Waals surface area contributed by atoms with E-state index in [-0.39, 0.29) is 23.8 Å². The normalized spacial score (nSPS) is 11.9. The summed E-state index contributed by atoms with van der Waals surface area (Å²) in [7, 11) is -4.19. The van der Waals surface area contributed by atoms with E-state index in [4.69, 9.17) is 23.2 Å². The highest BCUT2D eigenvalue weighted by Crippen LogP contribution is 2.26. The molecule has 0 aliphatic rings. The van der Waals surface area contributed by atoms with Crippen LogP contribution >= 0.6 is 23.2 Å². The summed E-state index contributed by atoms with van der Waals surface area (Å²) >= 11 is 12.5. The largest absolute Gasteiger partial charge is 0.355 e. The second-order valence-corrected chi connectivity index (χ2v) is 12.2. The molecule has 7 nitrogen and oxygen atoms in total. The monoisotopic (exact) mass is 623 g/mol. The van der Waals surface area contributed by atoms with E-state index < -0.39 is 28.5 Å². The molecule has 0 radical (unpaired) electrons. The minimum Gasteiger partial charge on any atom is -0.355 e. The quantitative estimate of drug-likeness (QED) is 0.211. The number of nitrogens with zero attached hydrogens (tertiary/aromatic N) is 2. The molecule has 0 aliphatic carbocycles. The summed E-state index contributed by atoms with van der Waals surface area (Å²) in [6.45, 7) is 1.60. The number of anilines is 1. The first-order valence-electron chi connectivity index (χ1n) is 13.4. The Labute approximate surface area is 256 Å². The number of halogens is 2. The Bertz CT molecular complexity index is 1600. The fourth-order valence-electron chi connectivity index (χ4n) is 4.51. The maximum Gasteiger partial charge on any atom is 0.264 e. The molecule has 0 aliphatic heterocycles. The smallest absolute Gasteiger partial charge is 0.264 e. The lowest BCUT2D eigenvalue weighted by atomic mass is 10.0. The second-order valence-electron chi connectivity index (χ2n) is 9.51. The van der Waals surface area contributed by atoms with Crippen molar-refractivity contribution in [2.75, 3.05) is 17.4 Å². The molecule has 10 heteroatoms. The number of rotatable bonds is 12. The van der Waals surface area contributed by atoms with Crippen molar-refractivity contribution in [3.63, 3.8) is 0 Å². The number of hydrogen-bond acceptors (Lipinski definition) is 4. The number of amides is 2. The predicted octanol–water partition coefficient (Wildman–Crippen LogP) is 5.96. The van der Waals surface area contributed by atoms with Crippen molar-refractivity contribution in [2.24, 2.45) is 0 Å². The molecular weight excluding hydrogens is 593 g/mol. The van der Waals surface area contributed by atoms with Crippen LogP contribution in [0.3, 0.4) is 0 Å². The molecule has 0 heterocycles. The van der Waals surface area contributed by atoms with E-state index in [0.717, 1.165) is 9.87 Å². The van der Waals surface area contributed by atoms with Crippen molar-refractivity contribution in [3.05, 3.63) is 130 Å². The van der Waals surface area contributed by atoms with Gasteiger partial charge in [-0.3, -0.25) is 13.9 Å². The molecule has 4 aromatic rings. The maximum atomic E-state index is 14.3. The summed E-state index contributed by atoms with van der Waals surface area (Å²) in [6, 6.07) is 29.6. The van der Waals surface area contributed by atoms with Crippen molar-refractivity contribution in [1.82, 2.24) is 10.2 Å². The number of benzene rings is 4. The van der Waals surface area contributed by atoms with Crippen LogP contribution < -0.4 is 9.62 Å². The fourth-order valence-corrected chi connectivity index (χ4v) is 6.25. The van der Waals surface area contributed by atoms with Crippen LogP contribution in [0.4, 0.5) is 5.69 Å². The van der Waals surface area contributed by atoms with Crippen molar-refractivity contribution in [2.45, 2.75) is 30.8 Å². The zero-order valence-corrected chi connectivity index (χ0v) is 25.3. The zero-order chi connectivity index (χ0) is 30.1. The minimum absolute atomic E-state index is 0.00321. The third-order valence-corrected chi connectivity index (χ3v) is 9.05. The standard InChI is InChI=1S/C32H31Cl2N3O4S/c1-2-35-32(39)30(21-24-11-5-3-6-12-24)36(22-25-13-9-10-16-29(25)34)31(38)23-37(27-14-7-4-8-15-27)42(40,41)28-19-17-26(33)18-20-28/h3-20,30H,2,21-23H2,1H3,(H,35,39)/t30-/m0/s1. The van der Waals surface area contributed by atoms with Crippen molar-refractivity contribution < 1.29 is 18.0 Å². The molecule has 0 spiro atoms. The summed E-state index contributed by atoms with van der Waals surface area (Å²) in [5, 5.41) is 3.65. The second kappa shape index (κ2) is 14.4. The molecular formula is C32H31Cl2N3O4S. The molecule has 1 atom stereocenters. The van der Waals surface area contributed by atoms with Gasteiger partial charge in [-0.2, -0.15) is 0 Å². The van der Waals surface area contributed by atoms with Crippen LogP contribution in [-0.4, -0.2) is 44.3 Å². The Kier molecular flexibility index (Phi) is 10.6. The molecule has 0 bridgehead atoms. The number of carbonyl (C=O) groups is 2. The van der Waals surface area contributed by atoms with Gasteiger partial charge in [-0.1, -0.05) is 89.9 Å². The molecule has 0 unspecified atom stereocenters. The van der Waals surface area contributed by atoms with E-state index in [9.17, 15) is 18.0 Å². The van der Waals surface area contributed by atoms with E-state index in [1.807, 2.05) is 30.3 Å². The summed E-state index contributed by atoms with van der Waals surface area (Å²) in [4.78, 5) is 29.2. The van der Waals surface area contributed by atoms with Crippen molar-refractivity contribution in [3.8, 4) is 0 Å². The highest BCUT2D eigenvalue weighted by molar-refractivity contribution is 7.92. The van der Waals surface area contributed by atoms with E-state index in [0.29, 0.717) is 27.8 Å². The van der Waals surface area contributed by atoms with Crippen molar-refractivity contribution >= 4 is 50.7 Å². The van der Waals surface area contributed by atoms with E-state index in [2.05, 4.69) is 5.32 Å². The van der Waals surface area contributed by atoms with Gasteiger partial charge in [0.2, 0.25) is 11.8 Å². The van der Waals surface area contributed by atoms with Crippen LogP contribution in [0.1, 0.15) is 18.1 Å². The average molecular weight is 625 g/mol. The molecule has 0 saturated carbocycles. The SMILES string of the molecule is CCNC(=O)[C@H](Cc1ccccc1)N(Cc1ccccc1Cl)C(=O)CN(c1ccccc1)S(=O)(=O)c1ccc(Cl)cc1. The predicted molar refractivity (Wildman–Crippen MR) is 167 cm³/mol. The first-order chi connectivity index (χ1) is 20.2. The fraction of sp³-hybridized carbons (Fsp3) is 0.188. The van der Waals surface area contributed by atoms with E-state index in [1.54, 1.807) is 61.5 Å². The highest BCUT2D eigenvalue weighted by atomic mass is 35.5. The van der Waals surface area contributed by atoms with Crippen LogP contribution in [0.5, 0.6) is 0 Å². The summed E-state index contributed by atoms with van der Waals surface area (Å²) in [6.07, 6.45) is 0.220. The number of hydrogen-bond donors (Lipinski definition) is 1. The summed E-state index contributed by atoms with van der Waals surface area (Å²) in [5.41, 5.74) is 1.78. The molecule has 2 amide bonds. The minimum atomic E-state index is -4.19. The molecule has 0 aromatic heterocycles. The van der Waals surface area contributed by atoms with Gasteiger partial charge in [-0.05, 0) is 60.5 Å². The van der Waals surface area contributed by atoms with Gasteiger partial charge < -0.3 is 10.2 Å². The van der Waals surface area contributed by atoms with E-state index >= 15 is 0 Å².